The van der Waals surface area contributed by atoms with Crippen LogP contribution in [0.25, 0.3) is 0 Å². The van der Waals surface area contributed by atoms with Crippen molar-refractivity contribution in [2.45, 2.75) is 66.2 Å². The molecule has 0 fully saturated rings. The van der Waals surface area contributed by atoms with Gasteiger partial charge in [0, 0.05) is 12.4 Å². The number of carbonyl (C=O) groups is 2. The molecule has 6 nitrogen and oxygen atoms in total. The fraction of sp³-hybridized carbons (Fsp3) is 0.750. The van der Waals surface area contributed by atoms with Gasteiger partial charge in [-0.2, -0.15) is 10.2 Å². The lowest BCUT2D eigenvalue weighted by atomic mass is 10.0. The number of hydrogen-bond donors (Lipinski definition) is 2. The summed E-state index contributed by atoms with van der Waals surface area (Å²) in [4.78, 5) is 23.1. The van der Waals surface area contributed by atoms with E-state index in [1.807, 2.05) is 0 Å². The van der Waals surface area contributed by atoms with E-state index in [1.54, 1.807) is 12.4 Å². The number of carbonyl (C=O) groups excluding carboxylic acids is 2. The predicted molar refractivity (Wildman–Crippen MR) is 90.6 cm³/mol. The molecule has 2 N–H and O–H groups in total. The summed E-state index contributed by atoms with van der Waals surface area (Å²) < 4.78 is 0. The lowest BCUT2D eigenvalue weighted by Gasteiger charge is -2.07. The fourth-order valence-corrected chi connectivity index (χ4v) is 2.01. The molecule has 0 rings (SSSR count). The molecule has 0 aliphatic heterocycles. The van der Waals surface area contributed by atoms with Crippen LogP contribution in [0.5, 0.6) is 0 Å². The average molecular weight is 310 g/mol. The van der Waals surface area contributed by atoms with Crippen LogP contribution in [0.2, 0.25) is 0 Å². The highest BCUT2D eigenvalue weighted by atomic mass is 16.2. The average Bonchev–Trinajstić information content (AvgIpc) is 2.52. The summed E-state index contributed by atoms with van der Waals surface area (Å²) in [6, 6.07) is 0. The standard InChI is InChI=1S/C16H30N4O2/c1-5-9-13(7-3)11-17-19-15(21)16(22)20-18-12-14(8-4)10-6-2/h11-14H,5-10H2,1-4H3,(H,19,21)(H,20,22)/b17-11+,18-12+. The highest BCUT2D eigenvalue weighted by Gasteiger charge is 2.11. The van der Waals surface area contributed by atoms with Crippen molar-refractivity contribution in [3.63, 3.8) is 0 Å². The van der Waals surface area contributed by atoms with E-state index in [9.17, 15) is 9.59 Å². The van der Waals surface area contributed by atoms with Crippen molar-refractivity contribution in [3.05, 3.63) is 0 Å². The van der Waals surface area contributed by atoms with E-state index < -0.39 is 11.8 Å². The van der Waals surface area contributed by atoms with Gasteiger partial charge in [0.15, 0.2) is 0 Å². The maximum absolute atomic E-state index is 11.5. The molecule has 22 heavy (non-hydrogen) atoms. The van der Waals surface area contributed by atoms with Crippen molar-refractivity contribution < 1.29 is 9.59 Å². The van der Waals surface area contributed by atoms with Gasteiger partial charge in [-0.1, -0.05) is 40.5 Å². The second-order valence-corrected chi connectivity index (χ2v) is 5.35. The zero-order valence-corrected chi connectivity index (χ0v) is 14.3. The maximum Gasteiger partial charge on any atom is 0.331 e. The lowest BCUT2D eigenvalue weighted by molar-refractivity contribution is -0.139. The third kappa shape index (κ3) is 9.26. The molecular formula is C16H30N4O2. The highest BCUT2D eigenvalue weighted by Crippen LogP contribution is 2.07. The highest BCUT2D eigenvalue weighted by molar-refractivity contribution is 6.35. The van der Waals surface area contributed by atoms with Gasteiger partial charge >= 0.3 is 11.8 Å². The molecule has 2 unspecified atom stereocenters. The van der Waals surface area contributed by atoms with Crippen LogP contribution in [-0.4, -0.2) is 24.2 Å². The topological polar surface area (TPSA) is 82.9 Å². The first-order chi connectivity index (χ1) is 10.6. The summed E-state index contributed by atoms with van der Waals surface area (Å²) in [5.74, 6) is -0.956. The van der Waals surface area contributed by atoms with Crippen molar-refractivity contribution in [2.24, 2.45) is 22.0 Å². The Labute approximate surface area is 133 Å². The molecule has 0 radical (unpaired) electrons. The van der Waals surface area contributed by atoms with Crippen LogP contribution in [0.3, 0.4) is 0 Å². The van der Waals surface area contributed by atoms with Crippen molar-refractivity contribution >= 4 is 24.2 Å². The van der Waals surface area contributed by atoms with Gasteiger partial charge in [0.1, 0.15) is 0 Å². The van der Waals surface area contributed by atoms with Gasteiger partial charge in [0.25, 0.3) is 0 Å². The van der Waals surface area contributed by atoms with Gasteiger partial charge in [-0.25, -0.2) is 10.9 Å². The molecule has 0 bridgehead atoms. The summed E-state index contributed by atoms with van der Waals surface area (Å²) >= 11 is 0. The smallest absolute Gasteiger partial charge is 0.262 e. The SMILES string of the molecule is CCCC(/C=N/NC(=O)C(=O)N/N=C/C(CC)CCC)CC. The van der Waals surface area contributed by atoms with E-state index in [2.05, 4.69) is 48.7 Å². The van der Waals surface area contributed by atoms with E-state index in [0.717, 1.165) is 38.5 Å². The molecule has 0 saturated carbocycles. The van der Waals surface area contributed by atoms with Crippen LogP contribution < -0.4 is 10.9 Å². The van der Waals surface area contributed by atoms with Crippen LogP contribution in [0.4, 0.5) is 0 Å². The van der Waals surface area contributed by atoms with Crippen LogP contribution >= 0.6 is 0 Å². The molecule has 0 saturated heterocycles. The minimum atomic E-state index is -0.803. The second-order valence-electron chi connectivity index (χ2n) is 5.35. The minimum Gasteiger partial charge on any atom is -0.262 e. The van der Waals surface area contributed by atoms with E-state index >= 15 is 0 Å². The number of rotatable bonds is 10. The zero-order valence-electron chi connectivity index (χ0n) is 14.3. The molecular weight excluding hydrogens is 280 g/mol. The molecule has 0 aromatic rings. The molecule has 0 heterocycles. The fourth-order valence-electron chi connectivity index (χ4n) is 2.01. The Morgan fingerprint density at radius 2 is 1.18 bits per heavy atom. The molecule has 0 aliphatic carbocycles. The first-order valence-electron chi connectivity index (χ1n) is 8.25. The van der Waals surface area contributed by atoms with Gasteiger partial charge in [-0.3, -0.25) is 9.59 Å². The molecule has 6 heteroatoms. The number of nitrogens with one attached hydrogen (secondary N) is 2. The first kappa shape index (κ1) is 20.3. The van der Waals surface area contributed by atoms with E-state index in [-0.39, 0.29) is 0 Å². The molecule has 2 atom stereocenters. The number of hydrogen-bond acceptors (Lipinski definition) is 4. The summed E-state index contributed by atoms with van der Waals surface area (Å²) in [7, 11) is 0. The Kier molecular flexibility index (Phi) is 12.0. The van der Waals surface area contributed by atoms with Crippen LogP contribution in [-0.2, 0) is 9.59 Å². The Bertz CT molecular complexity index is 344. The van der Waals surface area contributed by atoms with E-state index in [1.165, 1.54) is 0 Å². The monoisotopic (exact) mass is 310 g/mol. The minimum absolute atomic E-state index is 0.325. The summed E-state index contributed by atoms with van der Waals surface area (Å²) in [6.45, 7) is 8.33. The third-order valence-electron chi connectivity index (χ3n) is 3.48. The van der Waals surface area contributed by atoms with Gasteiger partial charge in [-0.15, -0.1) is 0 Å². The normalized spacial score (nSPS) is 14.2. The first-order valence-corrected chi connectivity index (χ1v) is 8.25. The lowest BCUT2D eigenvalue weighted by Crippen LogP contribution is -2.35. The second kappa shape index (κ2) is 13.0. The van der Waals surface area contributed by atoms with Gasteiger partial charge in [0.2, 0.25) is 0 Å². The molecule has 2 amide bonds. The van der Waals surface area contributed by atoms with Gasteiger partial charge < -0.3 is 0 Å². The quantitative estimate of drug-likeness (QED) is 0.369. The largest absolute Gasteiger partial charge is 0.331 e. The Hall–Kier alpha value is -1.72. The molecule has 0 spiro atoms. The maximum atomic E-state index is 11.5. The number of amides is 2. The van der Waals surface area contributed by atoms with Crippen molar-refractivity contribution in [1.82, 2.24) is 10.9 Å². The molecule has 0 aromatic heterocycles. The van der Waals surface area contributed by atoms with E-state index in [0.29, 0.717) is 11.8 Å². The van der Waals surface area contributed by atoms with Gasteiger partial charge in [-0.05, 0) is 37.5 Å². The Balaban J connectivity index is 4.19. The summed E-state index contributed by atoms with van der Waals surface area (Å²) in [5.41, 5.74) is 4.45. The van der Waals surface area contributed by atoms with Crippen LogP contribution in [0.1, 0.15) is 66.2 Å². The Morgan fingerprint density at radius 1 is 0.818 bits per heavy atom. The summed E-state index contributed by atoms with van der Waals surface area (Å²) in [6.07, 6.45) is 9.44. The zero-order chi connectivity index (χ0) is 16.8. The van der Waals surface area contributed by atoms with Crippen molar-refractivity contribution in [1.29, 1.82) is 0 Å². The number of nitrogens with zero attached hydrogens (tertiary/aromatic N) is 2. The third-order valence-corrected chi connectivity index (χ3v) is 3.48. The molecule has 0 aromatic carbocycles. The molecule has 0 aliphatic rings. The Morgan fingerprint density at radius 3 is 1.45 bits per heavy atom. The number of hydrazone groups is 2. The summed E-state index contributed by atoms with van der Waals surface area (Å²) in [5, 5.41) is 7.67. The van der Waals surface area contributed by atoms with Crippen LogP contribution in [0, 0.1) is 11.8 Å². The molecule has 126 valence electrons. The van der Waals surface area contributed by atoms with Crippen molar-refractivity contribution in [2.75, 3.05) is 0 Å². The van der Waals surface area contributed by atoms with Crippen molar-refractivity contribution in [3.8, 4) is 0 Å². The van der Waals surface area contributed by atoms with Gasteiger partial charge in [0.05, 0.1) is 0 Å². The predicted octanol–water partition coefficient (Wildman–Crippen LogP) is 2.84. The van der Waals surface area contributed by atoms with Crippen LogP contribution in [0.15, 0.2) is 10.2 Å². The van der Waals surface area contributed by atoms with E-state index in [4.69, 9.17) is 0 Å².